The second-order valence-corrected chi connectivity index (χ2v) is 10.5. The minimum atomic E-state index is -0.651. The van der Waals surface area contributed by atoms with Crippen LogP contribution in [0.2, 0.25) is 0 Å². The number of nitrogen functional groups attached to an aromatic ring is 1. The fourth-order valence-corrected chi connectivity index (χ4v) is 4.75. The van der Waals surface area contributed by atoms with Crippen LogP contribution in [0.3, 0.4) is 0 Å². The highest BCUT2D eigenvalue weighted by molar-refractivity contribution is 6.56. The van der Waals surface area contributed by atoms with E-state index in [-0.39, 0.29) is 19.1 Å². The van der Waals surface area contributed by atoms with Crippen molar-refractivity contribution in [2.45, 2.75) is 44.8 Å². The lowest BCUT2D eigenvalue weighted by Crippen LogP contribution is -2.41. The first-order chi connectivity index (χ1) is 17.6. The van der Waals surface area contributed by atoms with Crippen molar-refractivity contribution in [1.82, 2.24) is 10.3 Å². The number of pyridine rings is 1. The molecule has 2 aromatic carbocycles. The summed E-state index contributed by atoms with van der Waals surface area (Å²) in [4.78, 5) is 17.2. The maximum atomic E-state index is 12.8. The van der Waals surface area contributed by atoms with Gasteiger partial charge in [-0.2, -0.15) is 0 Å². The molecule has 8 heteroatoms. The standard InChI is InChI=1S/C29H32BN3O4/c1-28(2)29(3,4)37-30(36-28)19(15-21-16-20(31)13-14-32-21)17-33-27(34)35-18-26-24-11-7-5-9-22(24)23-10-6-8-12-25(23)26/h5-16,26H,17-18H2,1-4H3,(H2,31,32)(H,33,34). The Kier molecular flexibility index (Phi) is 6.56. The topological polar surface area (TPSA) is 95.7 Å². The van der Waals surface area contributed by atoms with Crippen LogP contribution in [0, 0.1) is 0 Å². The van der Waals surface area contributed by atoms with E-state index < -0.39 is 24.4 Å². The summed E-state index contributed by atoms with van der Waals surface area (Å²) in [6.07, 6.45) is 2.97. The highest BCUT2D eigenvalue weighted by Crippen LogP contribution is 2.44. The number of hydrogen-bond donors (Lipinski definition) is 2. The SMILES string of the molecule is CC1(C)OB(C(=Cc2cc(N)ccn2)CNC(=O)OCC2c3ccccc3-c3ccccc32)OC1(C)C. The number of nitrogens with zero attached hydrogens (tertiary/aromatic N) is 1. The minimum absolute atomic E-state index is 0.00671. The number of alkyl carbamates (subject to hydrolysis) is 1. The van der Waals surface area contributed by atoms with Gasteiger partial charge >= 0.3 is 13.2 Å². The van der Waals surface area contributed by atoms with Gasteiger partial charge in [0, 0.05) is 24.3 Å². The number of nitrogens with two attached hydrogens (primary N) is 1. The van der Waals surface area contributed by atoms with Crippen molar-refractivity contribution in [1.29, 1.82) is 0 Å². The van der Waals surface area contributed by atoms with Gasteiger partial charge in [-0.15, -0.1) is 0 Å². The Balaban J connectivity index is 1.29. The van der Waals surface area contributed by atoms with Crippen LogP contribution in [-0.4, -0.2) is 42.5 Å². The van der Waals surface area contributed by atoms with Gasteiger partial charge < -0.3 is 25.1 Å². The lowest BCUT2D eigenvalue weighted by atomic mass is 9.77. The van der Waals surface area contributed by atoms with E-state index in [0.29, 0.717) is 16.9 Å². The van der Waals surface area contributed by atoms with Gasteiger partial charge in [-0.3, -0.25) is 4.98 Å². The third kappa shape index (κ3) is 4.99. The molecule has 37 heavy (non-hydrogen) atoms. The molecule has 0 saturated carbocycles. The number of anilines is 1. The quantitative estimate of drug-likeness (QED) is 0.454. The van der Waals surface area contributed by atoms with Crippen LogP contribution in [0.25, 0.3) is 17.2 Å². The Hall–Kier alpha value is -3.62. The van der Waals surface area contributed by atoms with Gasteiger partial charge in [-0.25, -0.2) is 4.79 Å². The van der Waals surface area contributed by atoms with Crippen LogP contribution in [0.1, 0.15) is 50.4 Å². The first-order valence-corrected chi connectivity index (χ1v) is 12.5. The molecule has 3 N–H and O–H groups in total. The summed E-state index contributed by atoms with van der Waals surface area (Å²) in [7, 11) is -0.651. The second-order valence-electron chi connectivity index (χ2n) is 10.5. The number of aromatic nitrogens is 1. The number of hydrogen-bond acceptors (Lipinski definition) is 6. The van der Waals surface area contributed by atoms with E-state index in [4.69, 9.17) is 19.8 Å². The van der Waals surface area contributed by atoms with Gasteiger partial charge in [-0.05, 0) is 73.6 Å². The average molecular weight is 497 g/mol. The molecule has 1 amide bonds. The summed E-state index contributed by atoms with van der Waals surface area (Å²) in [5.74, 6) is -0.00671. The maximum Gasteiger partial charge on any atom is 0.492 e. The first-order valence-electron chi connectivity index (χ1n) is 12.5. The summed E-state index contributed by atoms with van der Waals surface area (Å²) in [6, 6.07) is 20.0. The number of carbonyl (C=O) groups is 1. The molecule has 7 nitrogen and oxygen atoms in total. The lowest BCUT2D eigenvalue weighted by Gasteiger charge is -2.32. The Morgan fingerprint density at radius 2 is 1.62 bits per heavy atom. The monoisotopic (exact) mass is 497 g/mol. The molecule has 0 bridgehead atoms. The van der Waals surface area contributed by atoms with Crippen molar-refractivity contribution in [3.05, 3.63) is 89.2 Å². The summed E-state index contributed by atoms with van der Waals surface area (Å²) < 4.78 is 18.2. The summed E-state index contributed by atoms with van der Waals surface area (Å²) in [6.45, 7) is 8.37. The first kappa shape index (κ1) is 25.1. The molecule has 1 aromatic heterocycles. The molecular weight excluding hydrogens is 465 g/mol. The van der Waals surface area contributed by atoms with Crippen molar-refractivity contribution < 1.29 is 18.8 Å². The number of ether oxygens (including phenoxy) is 1. The Bertz CT molecular complexity index is 1290. The largest absolute Gasteiger partial charge is 0.492 e. The van der Waals surface area contributed by atoms with E-state index in [1.165, 1.54) is 22.3 Å². The zero-order valence-corrected chi connectivity index (χ0v) is 21.7. The van der Waals surface area contributed by atoms with Crippen molar-refractivity contribution in [2.75, 3.05) is 18.9 Å². The van der Waals surface area contributed by atoms with E-state index in [0.717, 1.165) is 0 Å². The van der Waals surface area contributed by atoms with E-state index in [9.17, 15) is 4.79 Å². The minimum Gasteiger partial charge on any atom is -0.449 e. The lowest BCUT2D eigenvalue weighted by molar-refractivity contribution is 0.00578. The third-order valence-electron chi connectivity index (χ3n) is 7.47. The maximum absolute atomic E-state index is 12.8. The molecule has 1 aliphatic heterocycles. The van der Waals surface area contributed by atoms with Crippen molar-refractivity contribution in [3.8, 4) is 11.1 Å². The molecule has 0 atom stereocenters. The van der Waals surface area contributed by atoms with Crippen LogP contribution in [0.5, 0.6) is 0 Å². The molecule has 0 spiro atoms. The number of nitrogens with one attached hydrogen (secondary N) is 1. The number of rotatable bonds is 6. The van der Waals surface area contributed by atoms with Crippen molar-refractivity contribution in [3.63, 3.8) is 0 Å². The molecule has 5 rings (SSSR count). The molecule has 1 aliphatic carbocycles. The molecule has 0 radical (unpaired) electrons. The normalized spacial score (nSPS) is 17.8. The predicted molar refractivity (Wildman–Crippen MR) is 146 cm³/mol. The van der Waals surface area contributed by atoms with Gasteiger partial charge in [0.15, 0.2) is 0 Å². The third-order valence-corrected chi connectivity index (χ3v) is 7.47. The smallest absolute Gasteiger partial charge is 0.449 e. The van der Waals surface area contributed by atoms with E-state index in [1.807, 2.05) is 58.0 Å². The van der Waals surface area contributed by atoms with Crippen LogP contribution >= 0.6 is 0 Å². The fourth-order valence-electron chi connectivity index (χ4n) is 4.75. The van der Waals surface area contributed by atoms with Crippen LogP contribution < -0.4 is 11.1 Å². The highest BCUT2D eigenvalue weighted by Gasteiger charge is 2.52. The van der Waals surface area contributed by atoms with Crippen molar-refractivity contribution in [2.24, 2.45) is 0 Å². The molecule has 3 aromatic rings. The molecule has 2 aliphatic rings. The molecule has 2 heterocycles. The van der Waals surface area contributed by atoms with E-state index in [2.05, 4.69) is 34.6 Å². The number of benzene rings is 2. The Morgan fingerprint density at radius 1 is 1.03 bits per heavy atom. The highest BCUT2D eigenvalue weighted by atomic mass is 16.7. The second kappa shape index (κ2) is 9.69. The zero-order valence-electron chi connectivity index (χ0n) is 21.7. The predicted octanol–water partition coefficient (Wildman–Crippen LogP) is 5.22. The van der Waals surface area contributed by atoms with Crippen LogP contribution in [0.4, 0.5) is 10.5 Å². The molecule has 1 saturated heterocycles. The fraction of sp³-hybridized carbons (Fsp3) is 0.310. The molecular formula is C29H32BN3O4. The zero-order chi connectivity index (χ0) is 26.2. The van der Waals surface area contributed by atoms with Crippen LogP contribution in [0.15, 0.2) is 72.3 Å². The summed E-state index contributed by atoms with van der Waals surface area (Å²) in [5, 5.41) is 2.87. The van der Waals surface area contributed by atoms with Gasteiger partial charge in [0.05, 0.1) is 16.9 Å². The number of fused-ring (bicyclic) bond motifs is 3. The number of carbonyl (C=O) groups excluding carboxylic acids is 1. The van der Waals surface area contributed by atoms with Crippen LogP contribution in [-0.2, 0) is 14.0 Å². The van der Waals surface area contributed by atoms with E-state index >= 15 is 0 Å². The Morgan fingerprint density at radius 3 is 2.22 bits per heavy atom. The van der Waals surface area contributed by atoms with E-state index in [1.54, 1.807) is 18.3 Å². The molecule has 190 valence electrons. The summed E-state index contributed by atoms with van der Waals surface area (Å²) in [5.41, 5.74) is 11.6. The Labute approximate surface area is 218 Å². The number of amides is 1. The van der Waals surface area contributed by atoms with Gasteiger partial charge in [0.1, 0.15) is 6.61 Å². The average Bonchev–Trinajstić information content (AvgIpc) is 3.29. The molecule has 1 fully saturated rings. The summed E-state index contributed by atoms with van der Waals surface area (Å²) >= 11 is 0. The van der Waals surface area contributed by atoms with Gasteiger partial charge in [0.25, 0.3) is 0 Å². The molecule has 0 unspecified atom stereocenters. The van der Waals surface area contributed by atoms with Crippen molar-refractivity contribution >= 4 is 25.0 Å². The van der Waals surface area contributed by atoms with Gasteiger partial charge in [0.2, 0.25) is 0 Å². The van der Waals surface area contributed by atoms with Gasteiger partial charge in [-0.1, -0.05) is 48.5 Å².